The minimum absolute atomic E-state index is 0.0293. The Morgan fingerprint density at radius 2 is 2.10 bits per heavy atom. The Hall–Kier alpha value is -1.55. The van der Waals surface area contributed by atoms with Gasteiger partial charge in [-0.3, -0.25) is 4.79 Å². The van der Waals surface area contributed by atoms with Crippen molar-refractivity contribution in [1.82, 2.24) is 10.2 Å². The van der Waals surface area contributed by atoms with E-state index in [0.29, 0.717) is 5.92 Å². The molecule has 1 unspecified atom stereocenters. The molecule has 0 radical (unpaired) electrons. The van der Waals surface area contributed by atoms with Crippen LogP contribution in [0.5, 0.6) is 0 Å². The Morgan fingerprint density at radius 3 is 2.70 bits per heavy atom. The van der Waals surface area contributed by atoms with E-state index in [1.165, 1.54) is 6.42 Å². The van der Waals surface area contributed by atoms with Crippen molar-refractivity contribution < 1.29 is 4.79 Å². The van der Waals surface area contributed by atoms with E-state index < -0.39 is 0 Å². The smallest absolute Gasteiger partial charge is 0.251 e. The zero-order valence-electron chi connectivity index (χ0n) is 12.5. The molecule has 2 N–H and O–H groups in total. The van der Waals surface area contributed by atoms with Gasteiger partial charge in [0.05, 0.1) is 0 Å². The summed E-state index contributed by atoms with van der Waals surface area (Å²) in [6.07, 6.45) is 2.27. The van der Waals surface area contributed by atoms with Crippen LogP contribution in [0, 0.1) is 5.92 Å². The quantitative estimate of drug-likeness (QED) is 0.836. The van der Waals surface area contributed by atoms with Crippen LogP contribution in [-0.4, -0.2) is 44.0 Å². The number of nitrogens with zero attached hydrogens (tertiary/aromatic N) is 1. The van der Waals surface area contributed by atoms with Gasteiger partial charge in [-0.15, -0.1) is 0 Å². The second kappa shape index (κ2) is 7.29. The molecule has 0 aliphatic carbocycles. The summed E-state index contributed by atoms with van der Waals surface area (Å²) < 4.78 is 0. The van der Waals surface area contributed by atoms with Crippen molar-refractivity contribution in [3.63, 3.8) is 0 Å². The van der Waals surface area contributed by atoms with Gasteiger partial charge in [0.25, 0.3) is 5.91 Å². The molecule has 4 nitrogen and oxygen atoms in total. The van der Waals surface area contributed by atoms with Crippen molar-refractivity contribution in [1.29, 1.82) is 0 Å². The van der Waals surface area contributed by atoms with E-state index >= 15 is 0 Å². The first-order chi connectivity index (χ1) is 9.69. The van der Waals surface area contributed by atoms with E-state index in [1.54, 1.807) is 0 Å². The standard InChI is InChI=1S/C16H25N3O/c1-3-9-17-15-6-4-14(5-7-15)16(20)18-11-13-8-10-19(2)12-13/h4-7,13,17H,3,8-12H2,1-2H3,(H,18,20). The second-order valence-electron chi connectivity index (χ2n) is 5.63. The van der Waals surface area contributed by atoms with Crippen LogP contribution in [0.3, 0.4) is 0 Å². The van der Waals surface area contributed by atoms with Gasteiger partial charge in [0.2, 0.25) is 0 Å². The molecule has 1 aromatic rings. The van der Waals surface area contributed by atoms with Gasteiger partial charge in [-0.25, -0.2) is 0 Å². The first-order valence-electron chi connectivity index (χ1n) is 7.49. The number of carbonyl (C=O) groups is 1. The number of nitrogens with one attached hydrogen (secondary N) is 2. The van der Waals surface area contributed by atoms with Crippen LogP contribution in [0.4, 0.5) is 5.69 Å². The van der Waals surface area contributed by atoms with Crippen LogP contribution < -0.4 is 10.6 Å². The highest BCUT2D eigenvalue weighted by Gasteiger charge is 2.19. The minimum Gasteiger partial charge on any atom is -0.385 e. The molecule has 1 heterocycles. The average molecular weight is 275 g/mol. The fourth-order valence-corrected chi connectivity index (χ4v) is 2.54. The van der Waals surface area contributed by atoms with Crippen LogP contribution in [0.1, 0.15) is 30.1 Å². The molecular formula is C16H25N3O. The van der Waals surface area contributed by atoms with Crippen molar-refractivity contribution >= 4 is 11.6 Å². The van der Waals surface area contributed by atoms with Crippen molar-refractivity contribution in [3.8, 4) is 0 Å². The van der Waals surface area contributed by atoms with Crippen LogP contribution in [0.15, 0.2) is 24.3 Å². The maximum atomic E-state index is 12.1. The van der Waals surface area contributed by atoms with Gasteiger partial charge in [-0.05, 0) is 56.6 Å². The first kappa shape index (κ1) is 14.9. The predicted molar refractivity (Wildman–Crippen MR) is 83.2 cm³/mol. The largest absolute Gasteiger partial charge is 0.385 e. The molecule has 1 amide bonds. The molecule has 4 heteroatoms. The van der Waals surface area contributed by atoms with Crippen LogP contribution in [-0.2, 0) is 0 Å². The van der Waals surface area contributed by atoms with E-state index in [1.807, 2.05) is 24.3 Å². The summed E-state index contributed by atoms with van der Waals surface area (Å²) in [5.74, 6) is 0.621. The molecular weight excluding hydrogens is 250 g/mol. The topological polar surface area (TPSA) is 44.4 Å². The number of hydrogen-bond donors (Lipinski definition) is 2. The summed E-state index contributed by atoms with van der Waals surface area (Å²) in [4.78, 5) is 14.4. The summed E-state index contributed by atoms with van der Waals surface area (Å²) in [5, 5.41) is 6.34. The third kappa shape index (κ3) is 4.23. The van der Waals surface area contributed by atoms with Gasteiger partial charge < -0.3 is 15.5 Å². The fourth-order valence-electron chi connectivity index (χ4n) is 2.54. The molecule has 110 valence electrons. The lowest BCUT2D eigenvalue weighted by atomic mass is 10.1. The van der Waals surface area contributed by atoms with E-state index in [2.05, 4.69) is 29.5 Å². The van der Waals surface area contributed by atoms with Crippen LogP contribution in [0.2, 0.25) is 0 Å². The first-order valence-corrected chi connectivity index (χ1v) is 7.49. The Kier molecular flexibility index (Phi) is 5.41. The van der Waals surface area contributed by atoms with Gasteiger partial charge >= 0.3 is 0 Å². The highest BCUT2D eigenvalue weighted by Crippen LogP contribution is 2.13. The van der Waals surface area contributed by atoms with E-state index in [-0.39, 0.29) is 5.91 Å². The molecule has 1 aliphatic rings. The molecule has 0 spiro atoms. The maximum absolute atomic E-state index is 12.1. The molecule has 2 rings (SSSR count). The lowest BCUT2D eigenvalue weighted by molar-refractivity contribution is 0.0947. The minimum atomic E-state index is 0.0293. The molecule has 1 aromatic carbocycles. The number of anilines is 1. The van der Waals surface area contributed by atoms with Gasteiger partial charge in [0.15, 0.2) is 0 Å². The Balaban J connectivity index is 1.80. The highest BCUT2D eigenvalue weighted by molar-refractivity contribution is 5.94. The Bertz CT molecular complexity index is 430. The van der Waals surface area contributed by atoms with Crippen LogP contribution in [0.25, 0.3) is 0 Å². The molecule has 0 bridgehead atoms. The highest BCUT2D eigenvalue weighted by atomic mass is 16.1. The molecule has 0 saturated carbocycles. The van der Waals surface area contributed by atoms with Crippen molar-refractivity contribution in [3.05, 3.63) is 29.8 Å². The van der Waals surface area contributed by atoms with Crippen molar-refractivity contribution in [2.24, 2.45) is 5.92 Å². The zero-order chi connectivity index (χ0) is 14.4. The number of rotatable bonds is 6. The molecule has 1 saturated heterocycles. The normalized spacial score (nSPS) is 19.0. The Labute approximate surface area is 121 Å². The summed E-state index contributed by atoms with van der Waals surface area (Å²) in [6.45, 7) is 6.09. The number of likely N-dealkylation sites (tertiary alicyclic amines) is 1. The molecule has 0 aromatic heterocycles. The molecule has 1 aliphatic heterocycles. The zero-order valence-corrected chi connectivity index (χ0v) is 12.5. The molecule has 1 fully saturated rings. The third-order valence-electron chi connectivity index (χ3n) is 3.77. The van der Waals surface area contributed by atoms with Gasteiger partial charge in [-0.1, -0.05) is 6.92 Å². The monoisotopic (exact) mass is 275 g/mol. The second-order valence-corrected chi connectivity index (χ2v) is 5.63. The summed E-state index contributed by atoms with van der Waals surface area (Å²) in [6, 6.07) is 7.70. The van der Waals surface area contributed by atoms with Gasteiger partial charge in [-0.2, -0.15) is 0 Å². The number of amides is 1. The summed E-state index contributed by atoms with van der Waals surface area (Å²) in [7, 11) is 2.13. The van der Waals surface area contributed by atoms with Crippen molar-refractivity contribution in [2.75, 3.05) is 38.5 Å². The molecule has 20 heavy (non-hydrogen) atoms. The van der Waals surface area contributed by atoms with E-state index in [9.17, 15) is 4.79 Å². The third-order valence-corrected chi connectivity index (χ3v) is 3.77. The van der Waals surface area contributed by atoms with Crippen LogP contribution >= 0.6 is 0 Å². The van der Waals surface area contributed by atoms with E-state index in [0.717, 1.165) is 43.9 Å². The lowest BCUT2D eigenvalue weighted by Gasteiger charge is -2.12. The SMILES string of the molecule is CCCNc1ccc(C(=O)NCC2CCN(C)C2)cc1. The Morgan fingerprint density at radius 1 is 1.35 bits per heavy atom. The predicted octanol–water partition coefficient (Wildman–Crippen LogP) is 2.19. The summed E-state index contributed by atoms with van der Waals surface area (Å²) in [5.41, 5.74) is 1.80. The maximum Gasteiger partial charge on any atom is 0.251 e. The number of hydrogen-bond acceptors (Lipinski definition) is 3. The van der Waals surface area contributed by atoms with Crippen molar-refractivity contribution in [2.45, 2.75) is 19.8 Å². The van der Waals surface area contributed by atoms with Gasteiger partial charge in [0, 0.05) is 30.9 Å². The van der Waals surface area contributed by atoms with Gasteiger partial charge in [0.1, 0.15) is 0 Å². The lowest BCUT2D eigenvalue weighted by Crippen LogP contribution is -2.30. The average Bonchev–Trinajstić information content (AvgIpc) is 2.89. The number of benzene rings is 1. The van der Waals surface area contributed by atoms with E-state index in [4.69, 9.17) is 0 Å². The molecule has 1 atom stereocenters. The summed E-state index contributed by atoms with van der Waals surface area (Å²) >= 11 is 0. The fraction of sp³-hybridized carbons (Fsp3) is 0.562. The number of carbonyl (C=O) groups excluding carboxylic acids is 1.